The van der Waals surface area contributed by atoms with Gasteiger partial charge in [0.2, 0.25) is 0 Å². The normalized spacial score (nSPS) is 37.4. The second kappa shape index (κ2) is 4.40. The van der Waals surface area contributed by atoms with Crippen LogP contribution in [0, 0.1) is 0 Å². The number of likely N-dealkylation sites (N-methyl/N-ethyl adjacent to an activating group) is 1. The Kier molecular flexibility index (Phi) is 3.71. The summed E-state index contributed by atoms with van der Waals surface area (Å²) in [5, 5.41) is 13.6. The standard InChI is InChI=1S/C10H22N2O/c1-3-12-8(2)10(13)6-4-9(11)5-7-10/h8-9,12-13H,3-7,11H2,1-2H3. The monoisotopic (exact) mass is 186 g/mol. The SMILES string of the molecule is CCNC(C)C1(O)CCC(N)CC1. The van der Waals surface area contributed by atoms with Gasteiger partial charge < -0.3 is 16.2 Å². The van der Waals surface area contributed by atoms with Crippen LogP contribution in [-0.4, -0.2) is 29.3 Å². The average Bonchev–Trinajstić information content (AvgIpc) is 2.11. The maximum absolute atomic E-state index is 10.3. The lowest BCUT2D eigenvalue weighted by Crippen LogP contribution is -2.52. The van der Waals surface area contributed by atoms with Crippen LogP contribution in [0.4, 0.5) is 0 Å². The number of aliphatic hydroxyl groups is 1. The number of nitrogens with two attached hydrogens (primary N) is 1. The summed E-state index contributed by atoms with van der Waals surface area (Å²) in [6, 6.07) is 0.485. The topological polar surface area (TPSA) is 58.3 Å². The van der Waals surface area contributed by atoms with Gasteiger partial charge in [-0.05, 0) is 39.2 Å². The van der Waals surface area contributed by atoms with Crippen molar-refractivity contribution in [2.75, 3.05) is 6.54 Å². The molecule has 0 radical (unpaired) electrons. The Bertz CT molecular complexity index is 153. The van der Waals surface area contributed by atoms with Crippen LogP contribution in [-0.2, 0) is 0 Å². The molecule has 1 unspecified atom stereocenters. The van der Waals surface area contributed by atoms with Crippen molar-refractivity contribution in [1.29, 1.82) is 0 Å². The Morgan fingerprint density at radius 2 is 2.08 bits per heavy atom. The molecule has 0 amide bonds. The van der Waals surface area contributed by atoms with Crippen molar-refractivity contribution in [3.63, 3.8) is 0 Å². The first kappa shape index (κ1) is 11.0. The van der Waals surface area contributed by atoms with E-state index >= 15 is 0 Å². The summed E-state index contributed by atoms with van der Waals surface area (Å²) in [4.78, 5) is 0. The van der Waals surface area contributed by atoms with Crippen LogP contribution in [0.25, 0.3) is 0 Å². The van der Waals surface area contributed by atoms with Gasteiger partial charge in [0.25, 0.3) is 0 Å². The molecule has 0 aromatic carbocycles. The van der Waals surface area contributed by atoms with Gasteiger partial charge in [0.05, 0.1) is 5.60 Å². The Morgan fingerprint density at radius 1 is 1.54 bits per heavy atom. The minimum Gasteiger partial charge on any atom is -0.388 e. The lowest BCUT2D eigenvalue weighted by Gasteiger charge is -2.39. The van der Waals surface area contributed by atoms with E-state index in [1.807, 2.05) is 0 Å². The fourth-order valence-corrected chi connectivity index (χ4v) is 2.07. The molecule has 0 saturated heterocycles. The van der Waals surface area contributed by atoms with Gasteiger partial charge in [-0.15, -0.1) is 0 Å². The Balaban J connectivity index is 2.46. The van der Waals surface area contributed by atoms with E-state index in [1.165, 1.54) is 0 Å². The molecule has 1 rings (SSSR count). The highest BCUT2D eigenvalue weighted by atomic mass is 16.3. The predicted octanol–water partition coefficient (Wildman–Crippen LogP) is 0.617. The van der Waals surface area contributed by atoms with E-state index in [9.17, 15) is 5.11 Å². The Hall–Kier alpha value is -0.120. The van der Waals surface area contributed by atoms with E-state index in [0.717, 1.165) is 32.2 Å². The van der Waals surface area contributed by atoms with Crippen LogP contribution in [0.3, 0.4) is 0 Å². The second-order valence-electron chi connectivity index (χ2n) is 4.22. The summed E-state index contributed by atoms with van der Waals surface area (Å²) in [6.45, 7) is 5.03. The van der Waals surface area contributed by atoms with Gasteiger partial charge in [-0.2, -0.15) is 0 Å². The van der Waals surface area contributed by atoms with Crippen molar-refractivity contribution >= 4 is 0 Å². The van der Waals surface area contributed by atoms with Crippen LogP contribution in [0.2, 0.25) is 0 Å². The molecule has 3 heteroatoms. The van der Waals surface area contributed by atoms with E-state index in [0.29, 0.717) is 6.04 Å². The molecule has 0 aromatic rings. The van der Waals surface area contributed by atoms with Crippen molar-refractivity contribution < 1.29 is 5.11 Å². The molecule has 1 atom stereocenters. The predicted molar refractivity (Wildman–Crippen MR) is 54.5 cm³/mol. The highest BCUT2D eigenvalue weighted by molar-refractivity contribution is 4.93. The molecule has 1 fully saturated rings. The lowest BCUT2D eigenvalue weighted by atomic mass is 9.78. The quantitative estimate of drug-likeness (QED) is 0.605. The number of rotatable bonds is 3. The van der Waals surface area contributed by atoms with Gasteiger partial charge >= 0.3 is 0 Å². The lowest BCUT2D eigenvalue weighted by molar-refractivity contribution is -0.0282. The van der Waals surface area contributed by atoms with Crippen molar-refractivity contribution in [2.45, 2.75) is 57.2 Å². The zero-order valence-corrected chi connectivity index (χ0v) is 8.71. The molecule has 0 bridgehead atoms. The molecule has 0 aromatic heterocycles. The molecule has 1 aliphatic carbocycles. The third-order valence-corrected chi connectivity index (χ3v) is 3.21. The maximum atomic E-state index is 10.3. The highest BCUT2D eigenvalue weighted by Gasteiger charge is 2.36. The molecular formula is C10H22N2O. The maximum Gasteiger partial charge on any atom is 0.0798 e. The smallest absolute Gasteiger partial charge is 0.0798 e. The molecule has 0 spiro atoms. The molecule has 4 N–H and O–H groups in total. The van der Waals surface area contributed by atoms with E-state index in [1.54, 1.807) is 0 Å². The Labute approximate surface area is 80.7 Å². The van der Waals surface area contributed by atoms with Crippen molar-refractivity contribution in [2.24, 2.45) is 5.73 Å². The fraction of sp³-hybridized carbons (Fsp3) is 1.00. The molecule has 13 heavy (non-hydrogen) atoms. The van der Waals surface area contributed by atoms with Crippen molar-refractivity contribution in [1.82, 2.24) is 5.32 Å². The van der Waals surface area contributed by atoms with Crippen LogP contribution < -0.4 is 11.1 Å². The molecule has 78 valence electrons. The summed E-state index contributed by atoms with van der Waals surface area (Å²) >= 11 is 0. The van der Waals surface area contributed by atoms with Crippen LogP contribution >= 0.6 is 0 Å². The number of hydrogen-bond donors (Lipinski definition) is 3. The minimum absolute atomic E-state index is 0.185. The van der Waals surface area contributed by atoms with E-state index in [4.69, 9.17) is 5.73 Å². The van der Waals surface area contributed by atoms with Crippen molar-refractivity contribution in [3.05, 3.63) is 0 Å². The molecular weight excluding hydrogens is 164 g/mol. The van der Waals surface area contributed by atoms with Crippen molar-refractivity contribution in [3.8, 4) is 0 Å². The van der Waals surface area contributed by atoms with E-state index in [2.05, 4.69) is 19.2 Å². The van der Waals surface area contributed by atoms with Gasteiger partial charge in [0.1, 0.15) is 0 Å². The first-order valence-electron chi connectivity index (χ1n) is 5.30. The first-order valence-corrected chi connectivity index (χ1v) is 5.30. The zero-order valence-electron chi connectivity index (χ0n) is 8.71. The molecule has 1 saturated carbocycles. The van der Waals surface area contributed by atoms with Crippen LogP contribution in [0.5, 0.6) is 0 Å². The molecule has 0 heterocycles. The molecule has 1 aliphatic rings. The fourth-order valence-electron chi connectivity index (χ4n) is 2.07. The summed E-state index contributed by atoms with van der Waals surface area (Å²) in [5.41, 5.74) is 5.28. The summed E-state index contributed by atoms with van der Waals surface area (Å²) < 4.78 is 0. The third-order valence-electron chi connectivity index (χ3n) is 3.21. The minimum atomic E-state index is -0.522. The summed E-state index contributed by atoms with van der Waals surface area (Å²) in [6.07, 6.45) is 3.57. The van der Waals surface area contributed by atoms with Crippen LogP contribution in [0.15, 0.2) is 0 Å². The third kappa shape index (κ3) is 2.66. The van der Waals surface area contributed by atoms with Gasteiger partial charge in [-0.25, -0.2) is 0 Å². The average molecular weight is 186 g/mol. The summed E-state index contributed by atoms with van der Waals surface area (Å²) in [7, 11) is 0. The second-order valence-corrected chi connectivity index (χ2v) is 4.22. The van der Waals surface area contributed by atoms with E-state index < -0.39 is 5.60 Å². The number of nitrogens with one attached hydrogen (secondary N) is 1. The largest absolute Gasteiger partial charge is 0.388 e. The molecule has 0 aliphatic heterocycles. The van der Waals surface area contributed by atoms with Gasteiger partial charge in [0, 0.05) is 12.1 Å². The zero-order chi connectivity index (χ0) is 9.90. The van der Waals surface area contributed by atoms with Crippen LogP contribution in [0.1, 0.15) is 39.5 Å². The Morgan fingerprint density at radius 3 is 2.54 bits per heavy atom. The number of hydrogen-bond acceptors (Lipinski definition) is 3. The first-order chi connectivity index (χ1) is 6.08. The van der Waals surface area contributed by atoms with E-state index in [-0.39, 0.29) is 6.04 Å². The summed E-state index contributed by atoms with van der Waals surface area (Å²) in [5.74, 6) is 0. The van der Waals surface area contributed by atoms with Gasteiger partial charge in [-0.3, -0.25) is 0 Å². The highest BCUT2D eigenvalue weighted by Crippen LogP contribution is 2.30. The molecule has 3 nitrogen and oxygen atoms in total. The van der Waals surface area contributed by atoms with Gasteiger partial charge in [0.15, 0.2) is 0 Å². The van der Waals surface area contributed by atoms with Gasteiger partial charge in [-0.1, -0.05) is 6.92 Å².